The molecule has 0 radical (unpaired) electrons. The van der Waals surface area contributed by atoms with Crippen LogP contribution in [0.2, 0.25) is 0 Å². The second kappa shape index (κ2) is 6.58. The maximum Gasteiger partial charge on any atom is 0.0807 e. The molecule has 0 aromatic heterocycles. The van der Waals surface area contributed by atoms with Gasteiger partial charge in [0, 0.05) is 10.7 Å². The van der Waals surface area contributed by atoms with Crippen molar-refractivity contribution in [2.45, 2.75) is 25.0 Å². The standard InChI is InChI=1S/C6H12Br2O2/c7-3-1-5(9)6(10)2-4-8/h5-6,9-10H,1-4H2/t5-,6-/m0/s1. The van der Waals surface area contributed by atoms with Crippen molar-refractivity contribution in [3.63, 3.8) is 0 Å². The fourth-order valence-corrected chi connectivity index (χ4v) is 1.55. The first kappa shape index (κ1) is 10.9. The predicted molar refractivity (Wildman–Crippen MR) is 48.8 cm³/mol. The SMILES string of the molecule is O[C@@H](CCBr)[C@@H](O)CCBr. The van der Waals surface area contributed by atoms with E-state index >= 15 is 0 Å². The Morgan fingerprint density at radius 2 is 1.20 bits per heavy atom. The molecule has 2 nitrogen and oxygen atoms in total. The smallest absolute Gasteiger partial charge is 0.0807 e. The Bertz CT molecular complexity index is 70.1. The van der Waals surface area contributed by atoms with E-state index < -0.39 is 12.2 Å². The van der Waals surface area contributed by atoms with Crippen LogP contribution in [0.25, 0.3) is 0 Å². The highest BCUT2D eigenvalue weighted by Gasteiger charge is 2.13. The van der Waals surface area contributed by atoms with E-state index in [2.05, 4.69) is 31.9 Å². The number of aliphatic hydroxyl groups excluding tert-OH is 2. The molecule has 0 aromatic carbocycles. The van der Waals surface area contributed by atoms with Crippen molar-refractivity contribution in [3.05, 3.63) is 0 Å². The van der Waals surface area contributed by atoms with Gasteiger partial charge in [-0.25, -0.2) is 0 Å². The van der Waals surface area contributed by atoms with Crippen LogP contribution >= 0.6 is 31.9 Å². The summed E-state index contributed by atoms with van der Waals surface area (Å²) in [6.45, 7) is 0. The summed E-state index contributed by atoms with van der Waals surface area (Å²) in [5, 5.41) is 19.8. The Kier molecular flexibility index (Phi) is 7.16. The number of aliphatic hydroxyl groups is 2. The first-order valence-corrected chi connectivity index (χ1v) is 5.44. The highest BCUT2D eigenvalue weighted by Crippen LogP contribution is 2.06. The third-order valence-electron chi connectivity index (χ3n) is 1.25. The molecule has 0 aliphatic heterocycles. The van der Waals surface area contributed by atoms with Gasteiger partial charge in [0.2, 0.25) is 0 Å². The summed E-state index contributed by atoms with van der Waals surface area (Å²) in [6, 6.07) is 0. The molecule has 0 rings (SSSR count). The first-order valence-electron chi connectivity index (χ1n) is 3.20. The normalized spacial score (nSPS) is 16.8. The maximum atomic E-state index is 9.15. The Morgan fingerprint density at radius 3 is 1.40 bits per heavy atom. The topological polar surface area (TPSA) is 40.5 Å². The van der Waals surface area contributed by atoms with Crippen LogP contribution in [0.15, 0.2) is 0 Å². The maximum absolute atomic E-state index is 9.15. The number of hydrogen-bond acceptors (Lipinski definition) is 2. The molecule has 2 N–H and O–H groups in total. The Labute approximate surface area is 77.9 Å². The minimum Gasteiger partial charge on any atom is -0.390 e. The summed E-state index contributed by atoms with van der Waals surface area (Å²) in [5.74, 6) is 0. The molecule has 0 unspecified atom stereocenters. The lowest BCUT2D eigenvalue weighted by atomic mass is 10.1. The van der Waals surface area contributed by atoms with Crippen LogP contribution in [0, 0.1) is 0 Å². The van der Waals surface area contributed by atoms with Crippen molar-refractivity contribution in [1.82, 2.24) is 0 Å². The molecule has 0 aromatic rings. The first-order chi connectivity index (χ1) is 4.72. The van der Waals surface area contributed by atoms with Crippen LogP contribution in [0.4, 0.5) is 0 Å². The zero-order chi connectivity index (χ0) is 7.98. The molecule has 0 aliphatic carbocycles. The van der Waals surface area contributed by atoms with Gasteiger partial charge in [0.1, 0.15) is 0 Å². The molecule has 0 bridgehead atoms. The summed E-state index contributed by atoms with van der Waals surface area (Å²) in [4.78, 5) is 0. The molecule has 0 heterocycles. The molecule has 0 aliphatic rings. The molecule has 0 saturated heterocycles. The molecule has 10 heavy (non-hydrogen) atoms. The van der Waals surface area contributed by atoms with Crippen molar-refractivity contribution in [3.8, 4) is 0 Å². The van der Waals surface area contributed by atoms with E-state index in [-0.39, 0.29) is 0 Å². The number of alkyl halides is 2. The van der Waals surface area contributed by atoms with E-state index in [0.717, 1.165) is 10.7 Å². The van der Waals surface area contributed by atoms with Gasteiger partial charge in [-0.05, 0) is 12.8 Å². The van der Waals surface area contributed by atoms with Gasteiger partial charge in [0.15, 0.2) is 0 Å². The van der Waals surface area contributed by atoms with Gasteiger partial charge in [-0.15, -0.1) is 0 Å². The molecular weight excluding hydrogens is 264 g/mol. The molecule has 2 atom stereocenters. The molecule has 0 saturated carbocycles. The molecular formula is C6H12Br2O2. The Balaban J connectivity index is 3.38. The Morgan fingerprint density at radius 1 is 0.900 bits per heavy atom. The van der Waals surface area contributed by atoms with Gasteiger partial charge in [-0.3, -0.25) is 0 Å². The average Bonchev–Trinajstić information content (AvgIpc) is 1.89. The number of halogens is 2. The minimum atomic E-state index is -0.586. The van der Waals surface area contributed by atoms with E-state index in [4.69, 9.17) is 10.2 Å². The predicted octanol–water partition coefficient (Wildman–Crippen LogP) is 1.28. The van der Waals surface area contributed by atoms with Crippen LogP contribution in [-0.2, 0) is 0 Å². The fraction of sp³-hybridized carbons (Fsp3) is 1.00. The molecule has 0 fully saturated rings. The quantitative estimate of drug-likeness (QED) is 0.742. The largest absolute Gasteiger partial charge is 0.390 e. The van der Waals surface area contributed by atoms with Crippen LogP contribution in [0.1, 0.15) is 12.8 Å². The highest BCUT2D eigenvalue weighted by atomic mass is 79.9. The van der Waals surface area contributed by atoms with Crippen molar-refractivity contribution < 1.29 is 10.2 Å². The van der Waals surface area contributed by atoms with E-state index in [0.29, 0.717) is 12.8 Å². The zero-order valence-corrected chi connectivity index (χ0v) is 8.81. The van der Waals surface area contributed by atoms with Gasteiger partial charge >= 0.3 is 0 Å². The second-order valence-corrected chi connectivity index (χ2v) is 3.68. The van der Waals surface area contributed by atoms with Crippen LogP contribution < -0.4 is 0 Å². The lowest BCUT2D eigenvalue weighted by Gasteiger charge is -2.14. The third kappa shape index (κ3) is 4.66. The monoisotopic (exact) mass is 274 g/mol. The van der Waals surface area contributed by atoms with Crippen molar-refractivity contribution in [1.29, 1.82) is 0 Å². The summed E-state index contributed by atoms with van der Waals surface area (Å²) in [7, 11) is 0. The van der Waals surface area contributed by atoms with Crippen molar-refractivity contribution in [2.75, 3.05) is 10.7 Å². The fourth-order valence-electron chi connectivity index (χ4n) is 0.608. The van der Waals surface area contributed by atoms with E-state index in [1.165, 1.54) is 0 Å². The van der Waals surface area contributed by atoms with Crippen LogP contribution in [0.5, 0.6) is 0 Å². The van der Waals surface area contributed by atoms with E-state index in [9.17, 15) is 0 Å². The summed E-state index contributed by atoms with van der Waals surface area (Å²) in [6.07, 6.45) is 0.0383. The van der Waals surface area contributed by atoms with Gasteiger partial charge in [0.25, 0.3) is 0 Å². The minimum absolute atomic E-state index is 0.586. The Hall–Kier alpha value is 0.880. The van der Waals surface area contributed by atoms with Crippen LogP contribution in [0.3, 0.4) is 0 Å². The summed E-state index contributed by atoms with van der Waals surface area (Å²) < 4.78 is 0. The van der Waals surface area contributed by atoms with Gasteiger partial charge < -0.3 is 10.2 Å². The average molecular weight is 276 g/mol. The van der Waals surface area contributed by atoms with Gasteiger partial charge in [-0.1, -0.05) is 31.9 Å². The molecule has 4 heteroatoms. The van der Waals surface area contributed by atoms with Gasteiger partial charge in [-0.2, -0.15) is 0 Å². The number of hydrogen-bond donors (Lipinski definition) is 2. The lowest BCUT2D eigenvalue weighted by molar-refractivity contribution is 0.0175. The van der Waals surface area contributed by atoms with E-state index in [1.54, 1.807) is 0 Å². The zero-order valence-electron chi connectivity index (χ0n) is 5.63. The van der Waals surface area contributed by atoms with Crippen LogP contribution in [-0.4, -0.2) is 33.1 Å². The van der Waals surface area contributed by atoms with E-state index in [1.807, 2.05) is 0 Å². The summed E-state index contributed by atoms with van der Waals surface area (Å²) >= 11 is 6.37. The second-order valence-electron chi connectivity index (χ2n) is 2.09. The molecule has 0 spiro atoms. The van der Waals surface area contributed by atoms with Crippen molar-refractivity contribution in [2.24, 2.45) is 0 Å². The highest BCUT2D eigenvalue weighted by molar-refractivity contribution is 9.09. The van der Waals surface area contributed by atoms with Gasteiger partial charge in [0.05, 0.1) is 12.2 Å². The molecule has 0 amide bonds. The summed E-state index contributed by atoms with van der Waals surface area (Å²) in [5.41, 5.74) is 0. The third-order valence-corrected chi connectivity index (χ3v) is 2.17. The number of rotatable bonds is 5. The lowest BCUT2D eigenvalue weighted by Crippen LogP contribution is -2.26. The van der Waals surface area contributed by atoms with Crippen molar-refractivity contribution >= 4 is 31.9 Å². The molecule has 62 valence electrons.